The number of hydrogen-bond acceptors (Lipinski definition) is 6. The molecule has 0 radical (unpaired) electrons. The molecule has 2 aliphatic rings. The number of hydrogen-bond donors (Lipinski definition) is 0. The molecular formula is C28H34N4O4. The van der Waals surface area contributed by atoms with Gasteiger partial charge in [0.05, 0.1) is 6.61 Å². The Morgan fingerprint density at radius 2 is 1.89 bits per heavy atom. The summed E-state index contributed by atoms with van der Waals surface area (Å²) in [6.07, 6.45) is 8.31. The minimum absolute atomic E-state index is 0.0307. The van der Waals surface area contributed by atoms with Gasteiger partial charge in [-0.2, -0.15) is 0 Å². The number of imidazole rings is 1. The number of likely N-dealkylation sites (tertiary alicyclic amines) is 2. The maximum atomic E-state index is 13.0. The zero-order valence-electron chi connectivity index (χ0n) is 20.8. The molecule has 2 aromatic heterocycles. The van der Waals surface area contributed by atoms with E-state index in [-0.39, 0.29) is 24.0 Å². The molecule has 36 heavy (non-hydrogen) atoms. The van der Waals surface area contributed by atoms with Gasteiger partial charge in [0, 0.05) is 44.9 Å². The quantitative estimate of drug-likeness (QED) is 0.467. The molecule has 1 aromatic carbocycles. The number of fused-ring (bicyclic) bond motifs is 1. The number of piperidine rings is 2. The van der Waals surface area contributed by atoms with Crippen LogP contribution in [0.3, 0.4) is 0 Å². The molecule has 0 N–H and O–H groups in total. The van der Waals surface area contributed by atoms with Gasteiger partial charge < -0.3 is 18.8 Å². The van der Waals surface area contributed by atoms with E-state index in [9.17, 15) is 9.59 Å². The highest BCUT2D eigenvalue weighted by Gasteiger charge is 2.30. The van der Waals surface area contributed by atoms with Crippen molar-refractivity contribution in [1.29, 1.82) is 0 Å². The van der Waals surface area contributed by atoms with Crippen molar-refractivity contribution >= 4 is 17.5 Å². The highest BCUT2D eigenvalue weighted by atomic mass is 16.5. The molecule has 2 fully saturated rings. The maximum Gasteiger partial charge on any atom is 0.323 e. The van der Waals surface area contributed by atoms with Crippen LogP contribution in [0.5, 0.6) is 5.75 Å². The number of nitrogens with zero attached hydrogens (tertiary/aromatic N) is 4. The number of ether oxygens (including phenoxy) is 2. The second-order valence-electron chi connectivity index (χ2n) is 9.58. The van der Waals surface area contributed by atoms with E-state index in [1.54, 1.807) is 6.20 Å². The van der Waals surface area contributed by atoms with Crippen molar-refractivity contribution in [2.75, 3.05) is 26.2 Å². The second-order valence-corrected chi connectivity index (χ2v) is 9.58. The number of carbonyl (C=O) groups excluding carboxylic acids is 2. The minimum atomic E-state index is -0.168. The lowest BCUT2D eigenvalue weighted by atomic mass is 10.0. The van der Waals surface area contributed by atoms with Crippen LogP contribution in [-0.4, -0.2) is 69.4 Å². The molecule has 1 amide bonds. The van der Waals surface area contributed by atoms with Gasteiger partial charge in [-0.15, -0.1) is 0 Å². The molecule has 0 bridgehead atoms. The van der Waals surface area contributed by atoms with Crippen molar-refractivity contribution in [3.63, 3.8) is 0 Å². The zero-order chi connectivity index (χ0) is 24.9. The Balaban J connectivity index is 1.16. The number of rotatable bonds is 7. The van der Waals surface area contributed by atoms with Gasteiger partial charge in [0.1, 0.15) is 29.2 Å². The normalized spacial score (nSPS) is 19.4. The molecular weight excluding hydrogens is 456 g/mol. The van der Waals surface area contributed by atoms with Gasteiger partial charge in [-0.3, -0.25) is 14.5 Å². The Hall–Kier alpha value is -3.39. The largest absolute Gasteiger partial charge is 0.490 e. The van der Waals surface area contributed by atoms with Gasteiger partial charge in [0.25, 0.3) is 5.91 Å². The average molecular weight is 491 g/mol. The smallest absolute Gasteiger partial charge is 0.323 e. The first-order valence-corrected chi connectivity index (χ1v) is 13.0. The van der Waals surface area contributed by atoms with Crippen molar-refractivity contribution in [2.24, 2.45) is 0 Å². The van der Waals surface area contributed by atoms with Crippen LogP contribution in [0.25, 0.3) is 5.65 Å². The molecule has 1 unspecified atom stereocenters. The van der Waals surface area contributed by atoms with E-state index in [0.717, 1.165) is 55.6 Å². The van der Waals surface area contributed by atoms with Gasteiger partial charge in [0.15, 0.2) is 0 Å². The SMILES string of the molecule is CCOC(=O)C1CCCCN1Cc1cccc(OC2CCN(C(=O)c3cn4ccccc4n3)CC2)c1. The van der Waals surface area contributed by atoms with E-state index in [0.29, 0.717) is 31.9 Å². The summed E-state index contributed by atoms with van der Waals surface area (Å²) in [5, 5.41) is 0. The molecule has 190 valence electrons. The van der Waals surface area contributed by atoms with Crippen LogP contribution in [0.2, 0.25) is 0 Å². The highest BCUT2D eigenvalue weighted by molar-refractivity contribution is 5.93. The molecule has 5 rings (SSSR count). The Morgan fingerprint density at radius 1 is 1.03 bits per heavy atom. The molecule has 0 saturated carbocycles. The number of amides is 1. The maximum absolute atomic E-state index is 13.0. The van der Waals surface area contributed by atoms with Crippen LogP contribution >= 0.6 is 0 Å². The average Bonchev–Trinajstić information content (AvgIpc) is 3.34. The first-order chi connectivity index (χ1) is 17.6. The van der Waals surface area contributed by atoms with Crippen LogP contribution in [0, 0.1) is 0 Å². The van der Waals surface area contributed by atoms with E-state index >= 15 is 0 Å². The van der Waals surface area contributed by atoms with E-state index in [1.807, 2.05) is 52.8 Å². The Labute approximate surface area is 211 Å². The van der Waals surface area contributed by atoms with Crippen LogP contribution in [-0.2, 0) is 16.1 Å². The van der Waals surface area contributed by atoms with E-state index < -0.39 is 0 Å². The van der Waals surface area contributed by atoms with Crippen LogP contribution in [0.4, 0.5) is 0 Å². The summed E-state index contributed by atoms with van der Waals surface area (Å²) in [7, 11) is 0. The van der Waals surface area contributed by atoms with Gasteiger partial charge in [-0.25, -0.2) is 4.98 Å². The summed E-state index contributed by atoms with van der Waals surface area (Å²) in [5.41, 5.74) is 2.38. The molecule has 8 heteroatoms. The second kappa shape index (κ2) is 11.1. The fourth-order valence-electron chi connectivity index (χ4n) is 5.21. The van der Waals surface area contributed by atoms with Crippen molar-refractivity contribution in [2.45, 2.75) is 57.7 Å². The van der Waals surface area contributed by atoms with Crippen molar-refractivity contribution < 1.29 is 19.1 Å². The third-order valence-electron chi connectivity index (χ3n) is 7.07. The van der Waals surface area contributed by atoms with Crippen molar-refractivity contribution in [1.82, 2.24) is 19.2 Å². The molecule has 1 atom stereocenters. The number of carbonyl (C=O) groups is 2. The Bertz CT molecular complexity index is 1170. The monoisotopic (exact) mass is 490 g/mol. The number of esters is 1. The first kappa shape index (κ1) is 24.3. The fourth-order valence-corrected chi connectivity index (χ4v) is 5.21. The predicted molar refractivity (Wildman–Crippen MR) is 136 cm³/mol. The van der Waals surface area contributed by atoms with Gasteiger partial charge in [0.2, 0.25) is 0 Å². The minimum Gasteiger partial charge on any atom is -0.490 e. The van der Waals surface area contributed by atoms with Crippen LogP contribution in [0.15, 0.2) is 54.9 Å². The summed E-state index contributed by atoms with van der Waals surface area (Å²) >= 11 is 0. The molecule has 0 aliphatic carbocycles. The Kier molecular flexibility index (Phi) is 7.51. The number of pyridine rings is 1. The van der Waals surface area contributed by atoms with E-state index in [4.69, 9.17) is 9.47 Å². The molecule has 3 aromatic rings. The summed E-state index contributed by atoms with van der Waals surface area (Å²) < 4.78 is 13.5. The predicted octanol–water partition coefficient (Wildman–Crippen LogP) is 3.94. The standard InChI is InChI=1S/C28H34N4O4/c1-2-35-28(34)25-10-3-5-14-31(25)19-21-8-7-9-23(18-21)36-22-12-16-30(17-13-22)27(33)24-20-32-15-6-4-11-26(32)29-24/h4,6-9,11,15,18,20,22,25H,2-3,5,10,12-14,16-17,19H2,1H3. The zero-order valence-corrected chi connectivity index (χ0v) is 20.8. The Morgan fingerprint density at radius 3 is 2.69 bits per heavy atom. The molecule has 0 spiro atoms. The number of aromatic nitrogens is 2. The fraction of sp³-hybridized carbons (Fsp3) is 0.464. The van der Waals surface area contributed by atoms with Crippen molar-refractivity contribution in [3.8, 4) is 5.75 Å². The summed E-state index contributed by atoms with van der Waals surface area (Å²) in [6, 6.07) is 13.7. The van der Waals surface area contributed by atoms with Gasteiger partial charge in [-0.05, 0) is 56.1 Å². The summed E-state index contributed by atoms with van der Waals surface area (Å²) in [4.78, 5) is 33.9. The van der Waals surface area contributed by atoms with Gasteiger partial charge >= 0.3 is 5.97 Å². The van der Waals surface area contributed by atoms with Gasteiger partial charge in [-0.1, -0.05) is 24.6 Å². The first-order valence-electron chi connectivity index (χ1n) is 13.0. The van der Waals surface area contributed by atoms with E-state index in [1.165, 1.54) is 0 Å². The van der Waals surface area contributed by atoms with Crippen LogP contribution < -0.4 is 4.74 Å². The molecule has 4 heterocycles. The molecule has 2 saturated heterocycles. The summed E-state index contributed by atoms with van der Waals surface area (Å²) in [6.45, 7) is 5.15. The summed E-state index contributed by atoms with van der Waals surface area (Å²) in [5.74, 6) is 0.689. The molecule has 2 aliphatic heterocycles. The third-order valence-corrected chi connectivity index (χ3v) is 7.07. The lowest BCUT2D eigenvalue weighted by Gasteiger charge is -2.34. The molecule has 8 nitrogen and oxygen atoms in total. The van der Waals surface area contributed by atoms with Crippen LogP contribution in [0.1, 0.15) is 55.1 Å². The van der Waals surface area contributed by atoms with Crippen molar-refractivity contribution in [3.05, 3.63) is 66.1 Å². The highest BCUT2D eigenvalue weighted by Crippen LogP contribution is 2.25. The topological polar surface area (TPSA) is 76.4 Å². The lowest BCUT2D eigenvalue weighted by molar-refractivity contribution is -0.151. The van der Waals surface area contributed by atoms with E-state index in [2.05, 4.69) is 22.0 Å². The third kappa shape index (κ3) is 5.54. The lowest BCUT2D eigenvalue weighted by Crippen LogP contribution is -2.44. The number of benzene rings is 1.